The minimum Gasteiger partial charge on any atom is -0.302 e. The summed E-state index contributed by atoms with van der Waals surface area (Å²) in [4.78, 5) is 24.0. The van der Waals surface area contributed by atoms with Gasteiger partial charge in [0.05, 0.1) is 11.1 Å². The van der Waals surface area contributed by atoms with Gasteiger partial charge in [-0.15, -0.1) is 0 Å². The Kier molecular flexibility index (Phi) is 3.75. The van der Waals surface area contributed by atoms with Gasteiger partial charge in [-0.25, -0.2) is 4.79 Å². The summed E-state index contributed by atoms with van der Waals surface area (Å²) < 4.78 is 0. The van der Waals surface area contributed by atoms with Crippen LogP contribution in [0.15, 0.2) is 29.4 Å². The van der Waals surface area contributed by atoms with Crippen molar-refractivity contribution in [1.29, 1.82) is 0 Å². The van der Waals surface area contributed by atoms with Crippen LogP contribution in [0.2, 0.25) is 0 Å². The first-order chi connectivity index (χ1) is 7.09. The Hall–Kier alpha value is -1.95. The van der Waals surface area contributed by atoms with Crippen LogP contribution in [0.4, 0.5) is 10.5 Å². The number of halogens is 1. The molecule has 0 aliphatic heterocycles. The molecule has 0 amide bonds. The Morgan fingerprint density at radius 1 is 1.47 bits per heavy atom. The molecule has 0 aliphatic carbocycles. The number of rotatable bonds is 3. The normalized spacial score (nSPS) is 10.2. The van der Waals surface area contributed by atoms with Crippen LogP contribution in [0, 0.1) is 10.1 Å². The smallest absolute Gasteiger partial charge is 0.302 e. The number of carbonyl (C=O) groups is 1. The molecule has 0 atom stereocenters. The van der Waals surface area contributed by atoms with E-state index in [0.29, 0.717) is 5.56 Å². The molecule has 7 heteroatoms. The predicted octanol–water partition coefficient (Wildman–Crippen LogP) is 2.30. The molecule has 0 saturated heterocycles. The third-order valence-corrected chi connectivity index (χ3v) is 1.50. The van der Waals surface area contributed by atoms with Crippen molar-refractivity contribution in [3.8, 4) is 0 Å². The molecule has 0 fully saturated rings. The zero-order chi connectivity index (χ0) is 11.3. The van der Waals surface area contributed by atoms with Crippen molar-refractivity contribution in [2.45, 2.75) is 0 Å². The fourth-order valence-electron chi connectivity index (χ4n) is 0.811. The second-order valence-corrected chi connectivity index (χ2v) is 2.72. The van der Waals surface area contributed by atoms with Crippen molar-refractivity contribution in [3.05, 3.63) is 39.9 Å². The molecule has 0 N–H and O–H groups in total. The minimum absolute atomic E-state index is 0.0264. The average molecular weight is 229 g/mol. The van der Waals surface area contributed by atoms with E-state index in [9.17, 15) is 14.9 Å². The number of nitro groups is 1. The Labute approximate surface area is 89.2 Å². The molecule has 0 spiro atoms. The molecule has 6 nitrogen and oxygen atoms in total. The van der Waals surface area contributed by atoms with Gasteiger partial charge >= 0.3 is 5.43 Å². The summed E-state index contributed by atoms with van der Waals surface area (Å²) in [5.41, 5.74) is -0.520. The first kappa shape index (κ1) is 11.1. The third-order valence-electron chi connectivity index (χ3n) is 1.43. The Bertz CT molecular complexity index is 402. The number of oxime groups is 1. The summed E-state index contributed by atoms with van der Waals surface area (Å²) in [6, 6.07) is 5.54. The van der Waals surface area contributed by atoms with E-state index in [2.05, 4.69) is 9.99 Å². The first-order valence-electron chi connectivity index (χ1n) is 3.74. The van der Waals surface area contributed by atoms with Crippen LogP contribution in [0.3, 0.4) is 0 Å². The quantitative estimate of drug-likeness (QED) is 0.261. The molecule has 15 heavy (non-hydrogen) atoms. The zero-order valence-corrected chi connectivity index (χ0v) is 8.05. The molecule has 78 valence electrons. The monoisotopic (exact) mass is 228 g/mol. The van der Waals surface area contributed by atoms with E-state index in [0.717, 1.165) is 0 Å². The molecule has 1 aromatic rings. The highest BCUT2D eigenvalue weighted by Gasteiger charge is 2.02. The Morgan fingerprint density at radius 3 is 2.53 bits per heavy atom. The maximum atomic E-state index is 10.3. The molecule has 0 bridgehead atoms. The summed E-state index contributed by atoms with van der Waals surface area (Å²) in [6.07, 6.45) is 1.21. The van der Waals surface area contributed by atoms with E-state index in [-0.39, 0.29) is 5.69 Å². The van der Waals surface area contributed by atoms with Crippen molar-refractivity contribution in [2.24, 2.45) is 5.16 Å². The maximum absolute atomic E-state index is 10.3. The molecule has 0 aliphatic rings. The lowest BCUT2D eigenvalue weighted by atomic mass is 10.2. The number of hydrogen-bond acceptors (Lipinski definition) is 5. The van der Waals surface area contributed by atoms with Gasteiger partial charge in [-0.1, -0.05) is 5.16 Å². The molecular weight excluding hydrogens is 224 g/mol. The molecular formula is C8H5ClN2O4. The molecule has 0 aromatic heterocycles. The summed E-state index contributed by atoms with van der Waals surface area (Å²) in [5.74, 6) is 0. The Balaban J connectivity index is 2.68. The van der Waals surface area contributed by atoms with Crippen LogP contribution >= 0.6 is 11.6 Å². The molecule has 0 saturated carbocycles. The SMILES string of the molecule is O=C(Cl)O/N=C\c1ccc([N+](=O)[O-])cc1. The van der Waals surface area contributed by atoms with Gasteiger partial charge in [0.2, 0.25) is 0 Å². The van der Waals surface area contributed by atoms with Crippen LogP contribution in [0.1, 0.15) is 5.56 Å². The van der Waals surface area contributed by atoms with E-state index in [1.807, 2.05) is 0 Å². The van der Waals surface area contributed by atoms with Crippen LogP contribution in [0.25, 0.3) is 0 Å². The zero-order valence-electron chi connectivity index (χ0n) is 7.29. The van der Waals surface area contributed by atoms with E-state index in [1.54, 1.807) is 0 Å². The van der Waals surface area contributed by atoms with Gasteiger partial charge in [0, 0.05) is 23.7 Å². The highest BCUT2D eigenvalue weighted by Crippen LogP contribution is 2.10. The van der Waals surface area contributed by atoms with E-state index in [4.69, 9.17) is 11.6 Å². The van der Waals surface area contributed by atoms with Gasteiger partial charge in [-0.05, 0) is 17.7 Å². The van der Waals surface area contributed by atoms with Crippen molar-refractivity contribution < 1.29 is 14.6 Å². The molecule has 1 aromatic carbocycles. The highest BCUT2D eigenvalue weighted by atomic mass is 35.5. The summed E-state index contributed by atoms with van der Waals surface area (Å²) in [7, 11) is 0. The summed E-state index contributed by atoms with van der Waals surface area (Å²) in [6.45, 7) is 0. The van der Waals surface area contributed by atoms with Gasteiger partial charge < -0.3 is 4.84 Å². The van der Waals surface area contributed by atoms with Crippen molar-refractivity contribution >= 4 is 28.9 Å². The minimum atomic E-state index is -1.05. The largest absolute Gasteiger partial charge is 0.429 e. The van der Waals surface area contributed by atoms with Gasteiger partial charge in [-0.2, -0.15) is 0 Å². The summed E-state index contributed by atoms with van der Waals surface area (Å²) >= 11 is 4.85. The van der Waals surface area contributed by atoms with Crippen LogP contribution in [0.5, 0.6) is 0 Å². The fourth-order valence-corrected chi connectivity index (χ4v) is 0.851. The van der Waals surface area contributed by atoms with Gasteiger partial charge in [-0.3, -0.25) is 10.1 Å². The topological polar surface area (TPSA) is 81.8 Å². The van der Waals surface area contributed by atoms with E-state index < -0.39 is 10.4 Å². The van der Waals surface area contributed by atoms with Crippen LogP contribution in [-0.2, 0) is 4.84 Å². The average Bonchev–Trinajstić information content (AvgIpc) is 2.18. The molecule has 0 radical (unpaired) electrons. The maximum Gasteiger partial charge on any atom is 0.429 e. The number of benzene rings is 1. The van der Waals surface area contributed by atoms with Gasteiger partial charge in [0.1, 0.15) is 0 Å². The first-order valence-corrected chi connectivity index (χ1v) is 4.11. The van der Waals surface area contributed by atoms with E-state index in [1.165, 1.54) is 30.5 Å². The second-order valence-electron chi connectivity index (χ2n) is 2.41. The number of hydrogen-bond donors (Lipinski definition) is 0. The molecule has 0 heterocycles. The lowest BCUT2D eigenvalue weighted by molar-refractivity contribution is -0.384. The lowest BCUT2D eigenvalue weighted by Gasteiger charge is -1.92. The van der Waals surface area contributed by atoms with Crippen molar-refractivity contribution in [1.82, 2.24) is 0 Å². The number of carbonyl (C=O) groups excluding carboxylic acids is 1. The van der Waals surface area contributed by atoms with Gasteiger partial charge in [0.25, 0.3) is 5.69 Å². The lowest BCUT2D eigenvalue weighted by Crippen LogP contribution is -1.89. The third kappa shape index (κ3) is 3.74. The van der Waals surface area contributed by atoms with Crippen molar-refractivity contribution in [3.63, 3.8) is 0 Å². The molecule has 0 unspecified atom stereocenters. The predicted molar refractivity (Wildman–Crippen MR) is 53.0 cm³/mol. The molecule has 1 rings (SSSR count). The van der Waals surface area contributed by atoms with Crippen LogP contribution in [-0.4, -0.2) is 16.6 Å². The van der Waals surface area contributed by atoms with Gasteiger partial charge in [0.15, 0.2) is 0 Å². The van der Waals surface area contributed by atoms with E-state index >= 15 is 0 Å². The number of non-ortho nitro benzene ring substituents is 1. The number of nitrogens with zero attached hydrogens (tertiary/aromatic N) is 2. The van der Waals surface area contributed by atoms with Crippen LogP contribution < -0.4 is 0 Å². The standard InChI is InChI=1S/C8H5ClN2O4/c9-8(12)15-10-5-6-1-3-7(4-2-6)11(13)14/h1-5H/b10-5-. The number of nitro benzene ring substituents is 1. The Morgan fingerprint density at radius 2 is 2.07 bits per heavy atom. The second kappa shape index (κ2) is 5.06. The fraction of sp³-hybridized carbons (Fsp3) is 0. The highest BCUT2D eigenvalue weighted by molar-refractivity contribution is 6.61. The summed E-state index contributed by atoms with van der Waals surface area (Å²) in [5, 5.41) is 13.5. The van der Waals surface area contributed by atoms with Crippen molar-refractivity contribution in [2.75, 3.05) is 0 Å².